The van der Waals surface area contributed by atoms with Gasteiger partial charge in [0.25, 0.3) is 0 Å². The van der Waals surface area contributed by atoms with Crippen LogP contribution in [0.2, 0.25) is 5.02 Å². The van der Waals surface area contributed by atoms with E-state index in [0.29, 0.717) is 6.54 Å². The summed E-state index contributed by atoms with van der Waals surface area (Å²) in [7, 11) is 0. The predicted molar refractivity (Wildman–Crippen MR) is 46.7 cm³/mol. The molecule has 0 aromatic carbocycles. The lowest BCUT2D eigenvalue weighted by Crippen LogP contribution is -2.04. The maximum atomic E-state index is 5.85. The Morgan fingerprint density at radius 3 is 2.91 bits per heavy atom. The van der Waals surface area contributed by atoms with E-state index in [1.54, 1.807) is 6.20 Å². The minimum atomic E-state index is 0.642. The van der Waals surface area contributed by atoms with Crippen LogP contribution >= 0.6 is 11.6 Å². The van der Waals surface area contributed by atoms with Gasteiger partial charge in [0, 0.05) is 12.4 Å². The maximum Gasteiger partial charge on any atom is 0.0621 e. The van der Waals surface area contributed by atoms with E-state index < -0.39 is 0 Å². The number of nitrogens with zero attached hydrogens (tertiary/aromatic N) is 1. The molecule has 0 aliphatic rings. The molecule has 1 aromatic rings. The zero-order valence-electron chi connectivity index (χ0n) is 6.47. The van der Waals surface area contributed by atoms with Crippen molar-refractivity contribution < 1.29 is 0 Å². The van der Waals surface area contributed by atoms with Crippen molar-refractivity contribution in [3.63, 3.8) is 0 Å². The predicted octanol–water partition coefficient (Wildman–Crippen LogP) is 1.54. The van der Waals surface area contributed by atoms with E-state index in [2.05, 4.69) is 4.98 Å². The SMILES string of the molecule is Cc1c(Cl)cncc1CCN. The Morgan fingerprint density at radius 2 is 2.27 bits per heavy atom. The number of hydrogen-bond donors (Lipinski definition) is 1. The van der Waals surface area contributed by atoms with E-state index in [-0.39, 0.29) is 0 Å². The fraction of sp³-hybridized carbons (Fsp3) is 0.375. The molecule has 0 saturated heterocycles. The van der Waals surface area contributed by atoms with Gasteiger partial charge in [-0.05, 0) is 31.0 Å². The first kappa shape index (κ1) is 8.50. The topological polar surface area (TPSA) is 38.9 Å². The summed E-state index contributed by atoms with van der Waals surface area (Å²) in [6, 6.07) is 0. The second-order valence-electron chi connectivity index (χ2n) is 2.44. The van der Waals surface area contributed by atoms with Gasteiger partial charge in [0.15, 0.2) is 0 Å². The zero-order valence-corrected chi connectivity index (χ0v) is 7.23. The molecule has 0 aliphatic carbocycles. The fourth-order valence-corrected chi connectivity index (χ4v) is 1.12. The Kier molecular flexibility index (Phi) is 2.85. The van der Waals surface area contributed by atoms with Crippen LogP contribution in [0.1, 0.15) is 11.1 Å². The van der Waals surface area contributed by atoms with E-state index in [1.807, 2.05) is 13.1 Å². The summed E-state index contributed by atoms with van der Waals surface area (Å²) in [4.78, 5) is 3.98. The van der Waals surface area contributed by atoms with Crippen molar-refractivity contribution >= 4 is 11.6 Å². The molecular formula is C8H11ClN2. The Labute approximate surface area is 71.4 Å². The van der Waals surface area contributed by atoms with Crippen LogP contribution in [-0.4, -0.2) is 11.5 Å². The first-order valence-corrected chi connectivity index (χ1v) is 3.92. The number of rotatable bonds is 2. The molecular weight excluding hydrogens is 160 g/mol. The second kappa shape index (κ2) is 3.69. The van der Waals surface area contributed by atoms with Crippen LogP contribution in [0.4, 0.5) is 0 Å². The van der Waals surface area contributed by atoms with Gasteiger partial charge in [0.2, 0.25) is 0 Å². The van der Waals surface area contributed by atoms with Gasteiger partial charge in [0.05, 0.1) is 5.02 Å². The minimum Gasteiger partial charge on any atom is -0.330 e. The minimum absolute atomic E-state index is 0.642. The average molecular weight is 171 g/mol. The molecule has 2 N–H and O–H groups in total. The molecule has 0 fully saturated rings. The summed E-state index contributed by atoms with van der Waals surface area (Å²) in [5, 5.41) is 0.718. The van der Waals surface area contributed by atoms with Gasteiger partial charge in [-0.3, -0.25) is 4.98 Å². The van der Waals surface area contributed by atoms with E-state index in [4.69, 9.17) is 17.3 Å². The zero-order chi connectivity index (χ0) is 8.27. The second-order valence-corrected chi connectivity index (χ2v) is 2.85. The Balaban J connectivity index is 2.96. The molecule has 0 atom stereocenters. The summed E-state index contributed by atoms with van der Waals surface area (Å²) in [6.07, 6.45) is 4.31. The molecule has 0 radical (unpaired) electrons. The fourth-order valence-electron chi connectivity index (χ4n) is 0.947. The smallest absolute Gasteiger partial charge is 0.0621 e. The van der Waals surface area contributed by atoms with E-state index in [1.165, 1.54) is 0 Å². The van der Waals surface area contributed by atoms with Crippen LogP contribution in [0.5, 0.6) is 0 Å². The largest absolute Gasteiger partial charge is 0.330 e. The Morgan fingerprint density at radius 1 is 1.55 bits per heavy atom. The highest BCUT2D eigenvalue weighted by Gasteiger charge is 2.00. The summed E-state index contributed by atoms with van der Waals surface area (Å²) < 4.78 is 0. The van der Waals surface area contributed by atoms with Gasteiger partial charge >= 0.3 is 0 Å². The van der Waals surface area contributed by atoms with Crippen molar-refractivity contribution in [3.8, 4) is 0 Å². The van der Waals surface area contributed by atoms with Crippen molar-refractivity contribution in [3.05, 3.63) is 28.5 Å². The highest BCUT2D eigenvalue weighted by molar-refractivity contribution is 6.31. The number of halogens is 1. The number of hydrogen-bond acceptors (Lipinski definition) is 2. The van der Waals surface area contributed by atoms with Crippen molar-refractivity contribution in [2.24, 2.45) is 5.73 Å². The maximum absolute atomic E-state index is 5.85. The van der Waals surface area contributed by atoms with Crippen LogP contribution in [-0.2, 0) is 6.42 Å². The summed E-state index contributed by atoms with van der Waals surface area (Å²) >= 11 is 5.85. The molecule has 60 valence electrons. The highest BCUT2D eigenvalue weighted by Crippen LogP contribution is 2.16. The van der Waals surface area contributed by atoms with Gasteiger partial charge in [-0.15, -0.1) is 0 Å². The monoisotopic (exact) mass is 170 g/mol. The molecule has 1 rings (SSSR count). The van der Waals surface area contributed by atoms with Crippen LogP contribution in [0.3, 0.4) is 0 Å². The number of nitrogens with two attached hydrogens (primary N) is 1. The Bertz CT molecular complexity index is 248. The first-order valence-electron chi connectivity index (χ1n) is 3.54. The number of pyridine rings is 1. The van der Waals surface area contributed by atoms with Crippen LogP contribution in [0.15, 0.2) is 12.4 Å². The molecule has 0 aliphatic heterocycles. The summed E-state index contributed by atoms with van der Waals surface area (Å²) in [6.45, 7) is 2.62. The van der Waals surface area contributed by atoms with Crippen LogP contribution in [0, 0.1) is 6.92 Å². The lowest BCUT2D eigenvalue weighted by atomic mass is 10.1. The molecule has 0 saturated carbocycles. The molecule has 2 nitrogen and oxygen atoms in total. The molecule has 11 heavy (non-hydrogen) atoms. The highest BCUT2D eigenvalue weighted by atomic mass is 35.5. The lowest BCUT2D eigenvalue weighted by molar-refractivity contribution is 0.946. The third kappa shape index (κ3) is 1.91. The standard InChI is InChI=1S/C8H11ClN2/c1-6-7(2-3-10)4-11-5-8(6)9/h4-5H,2-3,10H2,1H3. The van der Waals surface area contributed by atoms with E-state index in [9.17, 15) is 0 Å². The molecule has 3 heteroatoms. The third-order valence-electron chi connectivity index (χ3n) is 1.67. The molecule has 0 amide bonds. The van der Waals surface area contributed by atoms with Gasteiger partial charge in [-0.2, -0.15) is 0 Å². The van der Waals surface area contributed by atoms with Gasteiger partial charge in [-0.1, -0.05) is 11.6 Å². The van der Waals surface area contributed by atoms with Crippen LogP contribution < -0.4 is 5.73 Å². The van der Waals surface area contributed by atoms with E-state index in [0.717, 1.165) is 22.6 Å². The Hall–Kier alpha value is -0.600. The van der Waals surface area contributed by atoms with Gasteiger partial charge in [0.1, 0.15) is 0 Å². The van der Waals surface area contributed by atoms with Crippen molar-refractivity contribution in [1.82, 2.24) is 4.98 Å². The molecule has 0 spiro atoms. The third-order valence-corrected chi connectivity index (χ3v) is 2.05. The van der Waals surface area contributed by atoms with Crippen LogP contribution in [0.25, 0.3) is 0 Å². The summed E-state index contributed by atoms with van der Waals surface area (Å²) in [5.74, 6) is 0. The van der Waals surface area contributed by atoms with Gasteiger partial charge in [-0.25, -0.2) is 0 Å². The summed E-state index contributed by atoms with van der Waals surface area (Å²) in [5.41, 5.74) is 7.64. The molecule has 0 unspecified atom stereocenters. The first-order chi connectivity index (χ1) is 5.25. The lowest BCUT2D eigenvalue weighted by Gasteiger charge is -2.03. The van der Waals surface area contributed by atoms with Crippen molar-refractivity contribution in [2.45, 2.75) is 13.3 Å². The average Bonchev–Trinajstić information content (AvgIpc) is 1.99. The molecule has 1 heterocycles. The van der Waals surface area contributed by atoms with Gasteiger partial charge < -0.3 is 5.73 Å². The molecule has 0 bridgehead atoms. The number of aromatic nitrogens is 1. The molecule has 1 aromatic heterocycles. The normalized spacial score (nSPS) is 10.1. The van der Waals surface area contributed by atoms with E-state index >= 15 is 0 Å². The quantitative estimate of drug-likeness (QED) is 0.732. The van der Waals surface area contributed by atoms with Crippen molar-refractivity contribution in [2.75, 3.05) is 6.54 Å². The van der Waals surface area contributed by atoms with Crippen molar-refractivity contribution in [1.29, 1.82) is 0 Å².